The number of pyridine rings is 1. The monoisotopic (exact) mass is 631 g/mol. The number of benzene rings is 2. The molecular formula is C32H35F6N7. The Balaban J connectivity index is 1.44. The van der Waals surface area contributed by atoms with Crippen molar-refractivity contribution in [3.8, 4) is 0 Å². The number of nitrogens with zero attached hydrogens (tertiary/aromatic N) is 6. The van der Waals surface area contributed by atoms with E-state index in [4.69, 9.17) is 10.7 Å². The third-order valence-corrected chi connectivity index (χ3v) is 8.51. The number of hydrogen-bond donors (Lipinski definition) is 1. The van der Waals surface area contributed by atoms with Crippen LogP contribution in [0, 0.1) is 18.8 Å². The predicted molar refractivity (Wildman–Crippen MR) is 158 cm³/mol. The van der Waals surface area contributed by atoms with Crippen molar-refractivity contribution in [3.63, 3.8) is 0 Å². The van der Waals surface area contributed by atoms with Gasteiger partial charge in [-0.1, -0.05) is 18.2 Å². The minimum Gasteiger partial charge on any atom is -0.356 e. The van der Waals surface area contributed by atoms with Gasteiger partial charge in [0, 0.05) is 30.9 Å². The number of alkyl halides is 6. The molecule has 1 atom stereocenters. The number of para-hydroxylation sites is 1. The second kappa shape index (κ2) is 12.2. The number of halogens is 6. The number of anilines is 1. The van der Waals surface area contributed by atoms with Gasteiger partial charge in [-0.25, -0.2) is 4.98 Å². The van der Waals surface area contributed by atoms with Gasteiger partial charge >= 0.3 is 12.4 Å². The van der Waals surface area contributed by atoms with Gasteiger partial charge in [0.25, 0.3) is 0 Å². The zero-order valence-corrected chi connectivity index (χ0v) is 24.9. The Morgan fingerprint density at radius 3 is 2.13 bits per heavy atom. The summed E-state index contributed by atoms with van der Waals surface area (Å²) in [5.41, 5.74) is 5.57. The first-order valence-electron chi connectivity index (χ1n) is 15.3. The second-order valence-corrected chi connectivity index (χ2v) is 12.5. The summed E-state index contributed by atoms with van der Waals surface area (Å²) >= 11 is 0. The van der Waals surface area contributed by atoms with E-state index in [1.165, 1.54) is 4.80 Å². The van der Waals surface area contributed by atoms with Crippen molar-refractivity contribution < 1.29 is 26.3 Å². The number of aromatic nitrogens is 5. The summed E-state index contributed by atoms with van der Waals surface area (Å²) in [7, 11) is 0. The molecule has 0 bridgehead atoms. The predicted octanol–water partition coefficient (Wildman–Crippen LogP) is 6.72. The second-order valence-electron chi connectivity index (χ2n) is 12.5. The van der Waals surface area contributed by atoms with Crippen molar-refractivity contribution in [2.45, 2.75) is 70.3 Å². The highest BCUT2D eigenvalue weighted by atomic mass is 19.4. The molecule has 2 aliphatic carbocycles. The maximum atomic E-state index is 13.7. The highest BCUT2D eigenvalue weighted by Crippen LogP contribution is 2.40. The normalized spacial score (nSPS) is 16.4. The summed E-state index contributed by atoms with van der Waals surface area (Å²) < 4.78 is 82.4. The van der Waals surface area contributed by atoms with E-state index in [-0.39, 0.29) is 43.4 Å². The van der Waals surface area contributed by atoms with Crippen molar-refractivity contribution in [2.24, 2.45) is 17.6 Å². The largest absolute Gasteiger partial charge is 0.416 e. The van der Waals surface area contributed by atoms with E-state index in [0.29, 0.717) is 11.8 Å². The van der Waals surface area contributed by atoms with Crippen LogP contribution in [-0.4, -0.2) is 44.8 Å². The Morgan fingerprint density at radius 1 is 0.911 bits per heavy atom. The molecule has 2 N–H and O–H groups in total. The van der Waals surface area contributed by atoms with Gasteiger partial charge in [0.2, 0.25) is 0 Å². The Bertz CT molecular complexity index is 1610. The summed E-state index contributed by atoms with van der Waals surface area (Å²) in [6.45, 7) is 4.20. The average molecular weight is 632 g/mol. The molecule has 6 rings (SSSR count). The van der Waals surface area contributed by atoms with E-state index < -0.39 is 29.4 Å². The van der Waals surface area contributed by atoms with E-state index >= 15 is 0 Å². The van der Waals surface area contributed by atoms with E-state index in [1.807, 2.05) is 31.2 Å². The fourth-order valence-corrected chi connectivity index (χ4v) is 5.85. The van der Waals surface area contributed by atoms with Crippen LogP contribution in [0.1, 0.15) is 65.2 Å². The van der Waals surface area contributed by atoms with Crippen LogP contribution in [-0.2, 0) is 31.7 Å². The van der Waals surface area contributed by atoms with E-state index in [1.54, 1.807) is 0 Å². The van der Waals surface area contributed by atoms with Gasteiger partial charge in [0.15, 0.2) is 5.82 Å². The Hall–Kier alpha value is -3.74. The van der Waals surface area contributed by atoms with Crippen LogP contribution in [0.15, 0.2) is 42.5 Å². The smallest absolute Gasteiger partial charge is 0.356 e. The lowest BCUT2D eigenvalue weighted by Crippen LogP contribution is -2.30. The number of tetrazole rings is 1. The molecule has 4 aromatic rings. The van der Waals surface area contributed by atoms with Crippen molar-refractivity contribution >= 4 is 16.7 Å². The van der Waals surface area contributed by atoms with Crippen LogP contribution < -0.4 is 10.6 Å². The van der Waals surface area contributed by atoms with Gasteiger partial charge < -0.3 is 10.6 Å². The number of nitrogens with two attached hydrogens (primary N) is 1. The molecule has 1 unspecified atom stereocenters. The minimum atomic E-state index is -4.95. The van der Waals surface area contributed by atoms with E-state index in [2.05, 4.69) is 20.3 Å². The van der Waals surface area contributed by atoms with Gasteiger partial charge in [-0.2, -0.15) is 31.1 Å². The van der Waals surface area contributed by atoms with Crippen LogP contribution in [0.4, 0.5) is 32.2 Å². The molecule has 0 aliphatic heterocycles. The molecular weight excluding hydrogens is 596 g/mol. The highest BCUT2D eigenvalue weighted by Gasteiger charge is 2.38. The molecule has 13 heteroatoms. The Labute approximate surface area is 256 Å². The fraction of sp³-hybridized carbons (Fsp3) is 0.500. The standard InChI is InChI=1S/C32H35F6N7/c1-19-3-2-4-23-14-25(30(40-28(19)23)44(17-20-5-6-20)18-21-7-8-21)15-24(29-41-43-45(42-29)10-9-39)11-22-12-26(31(33,34)35)16-27(13-22)32(36,37)38/h2-4,12-14,16,20-21,24H,5-11,15,17-18,39H2,1H3. The lowest BCUT2D eigenvalue weighted by Gasteiger charge is -2.28. The molecule has 2 fully saturated rings. The average Bonchev–Trinajstić information content (AvgIpc) is 3.91. The van der Waals surface area contributed by atoms with E-state index in [9.17, 15) is 26.3 Å². The summed E-state index contributed by atoms with van der Waals surface area (Å²) in [5, 5.41) is 13.6. The summed E-state index contributed by atoms with van der Waals surface area (Å²) in [6.07, 6.45) is -5.23. The molecule has 240 valence electrons. The number of hydrogen-bond acceptors (Lipinski definition) is 6. The molecule has 0 spiro atoms. The third kappa shape index (κ3) is 7.57. The summed E-state index contributed by atoms with van der Waals surface area (Å²) in [4.78, 5) is 8.80. The zero-order valence-electron chi connectivity index (χ0n) is 24.9. The molecule has 2 saturated carbocycles. The van der Waals surface area contributed by atoms with Crippen LogP contribution in [0.2, 0.25) is 0 Å². The topological polar surface area (TPSA) is 85.8 Å². The molecule has 7 nitrogen and oxygen atoms in total. The zero-order chi connectivity index (χ0) is 31.9. The van der Waals surface area contributed by atoms with Crippen molar-refractivity contribution in [1.29, 1.82) is 0 Å². The van der Waals surface area contributed by atoms with Gasteiger partial charge in [-0.15, -0.1) is 10.2 Å². The summed E-state index contributed by atoms with van der Waals surface area (Å²) in [6, 6.07) is 9.65. The quantitative estimate of drug-likeness (QED) is 0.175. The molecule has 2 aromatic carbocycles. The lowest BCUT2D eigenvalue weighted by atomic mass is 9.89. The summed E-state index contributed by atoms with van der Waals surface area (Å²) in [5.74, 6) is 1.49. The van der Waals surface area contributed by atoms with Crippen LogP contribution in [0.25, 0.3) is 10.9 Å². The first-order valence-corrected chi connectivity index (χ1v) is 15.3. The first-order chi connectivity index (χ1) is 21.4. The SMILES string of the molecule is Cc1cccc2cc(CC(Cc3cc(C(F)(F)F)cc(C(F)(F)F)c3)c3nnn(CCN)n3)c(N(CC3CC3)CC3CC3)nc12. The van der Waals surface area contributed by atoms with Crippen LogP contribution >= 0.6 is 0 Å². The van der Waals surface area contributed by atoms with Crippen LogP contribution in [0.3, 0.4) is 0 Å². The van der Waals surface area contributed by atoms with Crippen molar-refractivity contribution in [1.82, 2.24) is 25.2 Å². The number of fused-ring (bicyclic) bond motifs is 1. The molecule has 0 saturated heterocycles. The number of rotatable bonds is 12. The lowest BCUT2D eigenvalue weighted by molar-refractivity contribution is -0.143. The molecule has 0 radical (unpaired) electrons. The number of aryl methyl sites for hydroxylation is 1. The van der Waals surface area contributed by atoms with Gasteiger partial charge in [-0.3, -0.25) is 0 Å². The van der Waals surface area contributed by atoms with Gasteiger partial charge in [-0.05, 0) is 103 Å². The van der Waals surface area contributed by atoms with Gasteiger partial charge in [0.1, 0.15) is 5.82 Å². The third-order valence-electron chi connectivity index (χ3n) is 8.51. The highest BCUT2D eigenvalue weighted by molar-refractivity contribution is 5.84. The molecule has 2 heterocycles. The van der Waals surface area contributed by atoms with Crippen LogP contribution in [0.5, 0.6) is 0 Å². The molecule has 0 amide bonds. The maximum absolute atomic E-state index is 13.7. The fourth-order valence-electron chi connectivity index (χ4n) is 5.85. The van der Waals surface area contributed by atoms with Crippen molar-refractivity contribution in [2.75, 3.05) is 24.5 Å². The molecule has 2 aliphatic rings. The van der Waals surface area contributed by atoms with E-state index in [0.717, 1.165) is 78.8 Å². The van der Waals surface area contributed by atoms with Gasteiger partial charge in [0.05, 0.1) is 23.2 Å². The Kier molecular flexibility index (Phi) is 8.49. The molecule has 45 heavy (non-hydrogen) atoms. The maximum Gasteiger partial charge on any atom is 0.416 e. The minimum absolute atomic E-state index is 0.115. The molecule has 2 aromatic heterocycles. The van der Waals surface area contributed by atoms with Crippen molar-refractivity contribution in [3.05, 3.63) is 76.1 Å². The Morgan fingerprint density at radius 2 is 1.56 bits per heavy atom. The first kappa shape index (κ1) is 31.3.